The summed E-state index contributed by atoms with van der Waals surface area (Å²) < 4.78 is 110. The van der Waals surface area contributed by atoms with Crippen LogP contribution < -0.4 is 0 Å². The molecule has 0 spiro atoms. The second-order valence-corrected chi connectivity index (χ2v) is 17.0. The zero-order chi connectivity index (χ0) is 35.8. The highest BCUT2D eigenvalue weighted by atomic mass is 35.5. The number of likely N-dealkylation sites (tertiary alicyclic amines) is 1. The number of amides is 1. The lowest BCUT2D eigenvalue weighted by atomic mass is 9.90. The molecule has 16 heteroatoms. The Bertz CT molecular complexity index is 1730. The highest BCUT2D eigenvalue weighted by Gasteiger charge is 2.41. The van der Waals surface area contributed by atoms with Crippen molar-refractivity contribution in [1.82, 2.24) is 19.0 Å². The number of sulfonamides is 1. The van der Waals surface area contributed by atoms with Crippen LogP contribution in [0, 0.1) is 0 Å². The number of piperidine rings is 2. The van der Waals surface area contributed by atoms with Crippen LogP contribution in [0.2, 0.25) is 4.34 Å². The van der Waals surface area contributed by atoms with Crippen molar-refractivity contribution in [1.29, 1.82) is 0 Å². The van der Waals surface area contributed by atoms with E-state index >= 15 is 0 Å². The van der Waals surface area contributed by atoms with Gasteiger partial charge in [-0.05, 0) is 68.0 Å². The Kier molecular flexibility index (Phi) is 10.9. The molecule has 0 saturated carbocycles. The number of hydrogen-bond donors (Lipinski definition) is 0. The molecule has 0 aliphatic carbocycles. The summed E-state index contributed by atoms with van der Waals surface area (Å²) in [6, 6.07) is 13.1. The van der Waals surface area contributed by atoms with Gasteiger partial charge in [0.1, 0.15) is 4.21 Å². The van der Waals surface area contributed by atoms with Crippen LogP contribution in [0.4, 0.5) is 26.3 Å². The van der Waals surface area contributed by atoms with Gasteiger partial charge < -0.3 is 4.90 Å². The van der Waals surface area contributed by atoms with E-state index in [9.17, 15) is 39.6 Å². The van der Waals surface area contributed by atoms with E-state index in [-0.39, 0.29) is 28.9 Å². The van der Waals surface area contributed by atoms with Gasteiger partial charge in [0.2, 0.25) is 0 Å². The van der Waals surface area contributed by atoms with Crippen molar-refractivity contribution in [3.63, 3.8) is 0 Å². The first-order chi connectivity index (χ1) is 23.6. The lowest BCUT2D eigenvalue weighted by Gasteiger charge is -2.48. The second kappa shape index (κ2) is 14.7. The number of rotatable bonds is 7. The molecule has 1 amide bonds. The molecular formula is C34H37ClF6N4O3S2. The fourth-order valence-electron chi connectivity index (χ4n) is 7.42. The van der Waals surface area contributed by atoms with E-state index in [0.29, 0.717) is 61.9 Å². The molecule has 0 N–H and O–H groups in total. The Balaban J connectivity index is 1.14. The van der Waals surface area contributed by atoms with Gasteiger partial charge in [-0.2, -0.15) is 30.6 Å². The summed E-state index contributed by atoms with van der Waals surface area (Å²) in [7, 11) is -3.64. The maximum Gasteiger partial charge on any atom is 0.416 e. The van der Waals surface area contributed by atoms with Crippen LogP contribution in [0.5, 0.6) is 0 Å². The van der Waals surface area contributed by atoms with Crippen LogP contribution in [0.15, 0.2) is 64.9 Å². The maximum absolute atomic E-state index is 13.8. The molecule has 6 rings (SSSR count). The Morgan fingerprint density at radius 1 is 0.800 bits per heavy atom. The SMILES string of the molecule is O=C(c1cc(C(F)(F)F)cc(C(F)(F)F)c1)N1CC[C@H](N2CCN(C3CCCN(S(=O)(=O)c4ccc(Cl)s4)C3)CC2)C[C@H]1Cc1ccccc1. The zero-order valence-electron chi connectivity index (χ0n) is 27.0. The van der Waals surface area contributed by atoms with Crippen molar-refractivity contribution < 1.29 is 39.6 Å². The summed E-state index contributed by atoms with van der Waals surface area (Å²) in [5.74, 6) is -0.854. The van der Waals surface area contributed by atoms with E-state index in [1.165, 1.54) is 11.0 Å². The minimum Gasteiger partial charge on any atom is -0.335 e. The number of carbonyl (C=O) groups excluding carboxylic acids is 1. The standard InChI is InChI=1S/C34H37ClF6N4O3S2/c35-30-8-9-31(49-30)50(47,48)44-11-4-7-28(22-44)43-15-13-42(14-16-43)27-10-12-45(29(21-27)17-23-5-2-1-3-6-23)32(46)24-18-25(33(36,37)38)20-26(19-24)34(39,40)41/h1-3,5-6,8-9,18-20,27-29H,4,7,10-17,21-22H2/t27-,28?,29+/m0/s1. The fraction of sp³-hybridized carbons (Fsp3) is 0.500. The van der Waals surface area contributed by atoms with Crippen molar-refractivity contribution >= 4 is 38.9 Å². The fourth-order valence-corrected chi connectivity index (χ4v) is 10.6. The molecule has 3 fully saturated rings. The molecule has 1 unspecified atom stereocenters. The minimum absolute atomic E-state index is 0.0354. The molecule has 4 heterocycles. The van der Waals surface area contributed by atoms with Gasteiger partial charge in [0, 0.05) is 69.5 Å². The number of piperazine rings is 1. The van der Waals surface area contributed by atoms with Gasteiger partial charge in [-0.15, -0.1) is 11.3 Å². The van der Waals surface area contributed by atoms with Gasteiger partial charge in [-0.1, -0.05) is 41.9 Å². The monoisotopic (exact) mass is 762 g/mol. The number of thiophene rings is 1. The molecule has 3 atom stereocenters. The Morgan fingerprint density at radius 3 is 2.00 bits per heavy atom. The van der Waals surface area contributed by atoms with E-state index in [2.05, 4.69) is 9.80 Å². The highest BCUT2D eigenvalue weighted by molar-refractivity contribution is 7.91. The summed E-state index contributed by atoms with van der Waals surface area (Å²) in [5, 5.41) is 0. The average molecular weight is 763 g/mol. The Labute approximate surface area is 296 Å². The van der Waals surface area contributed by atoms with Crippen molar-refractivity contribution in [2.75, 3.05) is 45.8 Å². The molecule has 3 aliphatic heterocycles. The maximum atomic E-state index is 13.8. The third-order valence-electron chi connectivity index (χ3n) is 9.98. The third-order valence-corrected chi connectivity index (χ3v) is 13.5. The number of nitrogens with zero attached hydrogens (tertiary/aromatic N) is 4. The minimum atomic E-state index is -5.06. The summed E-state index contributed by atoms with van der Waals surface area (Å²) in [6.07, 6.45) is -7.08. The van der Waals surface area contributed by atoms with Gasteiger partial charge in [0.15, 0.2) is 0 Å². The van der Waals surface area contributed by atoms with E-state index in [0.717, 1.165) is 42.8 Å². The van der Waals surface area contributed by atoms with Gasteiger partial charge >= 0.3 is 12.4 Å². The lowest BCUT2D eigenvalue weighted by molar-refractivity contribution is -0.143. The van der Waals surface area contributed by atoms with Gasteiger partial charge in [-0.25, -0.2) is 8.42 Å². The molecule has 0 bridgehead atoms. The van der Waals surface area contributed by atoms with Crippen LogP contribution in [0.3, 0.4) is 0 Å². The summed E-state index contributed by atoms with van der Waals surface area (Å²) in [6.45, 7) is 3.88. The van der Waals surface area contributed by atoms with E-state index in [4.69, 9.17) is 11.6 Å². The largest absolute Gasteiger partial charge is 0.416 e. The van der Waals surface area contributed by atoms with Gasteiger partial charge in [0.25, 0.3) is 15.9 Å². The van der Waals surface area contributed by atoms with Crippen LogP contribution >= 0.6 is 22.9 Å². The van der Waals surface area contributed by atoms with Gasteiger partial charge in [-0.3, -0.25) is 14.6 Å². The summed E-state index contributed by atoms with van der Waals surface area (Å²) >= 11 is 7.05. The zero-order valence-corrected chi connectivity index (χ0v) is 29.4. The molecule has 272 valence electrons. The van der Waals surface area contributed by atoms with Crippen molar-refractivity contribution in [2.24, 2.45) is 0 Å². The quantitative estimate of drug-likeness (QED) is 0.240. The van der Waals surface area contributed by atoms with Crippen LogP contribution in [0.1, 0.15) is 52.7 Å². The number of benzene rings is 2. The van der Waals surface area contributed by atoms with Crippen LogP contribution in [0.25, 0.3) is 0 Å². The van der Waals surface area contributed by atoms with Crippen molar-refractivity contribution in [2.45, 2.75) is 66.8 Å². The number of alkyl halides is 6. The third kappa shape index (κ3) is 8.34. The van der Waals surface area contributed by atoms with E-state index < -0.39 is 51.0 Å². The predicted octanol–water partition coefficient (Wildman–Crippen LogP) is 7.13. The average Bonchev–Trinajstić information content (AvgIpc) is 3.55. The van der Waals surface area contributed by atoms with Crippen molar-refractivity contribution in [3.8, 4) is 0 Å². The number of hydrogen-bond acceptors (Lipinski definition) is 6. The molecule has 1 aromatic heterocycles. The molecule has 2 aromatic carbocycles. The first-order valence-electron chi connectivity index (χ1n) is 16.5. The Morgan fingerprint density at radius 2 is 1.42 bits per heavy atom. The smallest absolute Gasteiger partial charge is 0.335 e. The number of halogens is 7. The predicted molar refractivity (Wildman–Crippen MR) is 179 cm³/mol. The molecule has 3 aliphatic rings. The van der Waals surface area contributed by atoms with E-state index in [1.807, 2.05) is 30.3 Å². The first-order valence-corrected chi connectivity index (χ1v) is 19.1. The molecule has 7 nitrogen and oxygen atoms in total. The van der Waals surface area contributed by atoms with E-state index in [1.54, 1.807) is 10.4 Å². The van der Waals surface area contributed by atoms with Crippen molar-refractivity contribution in [3.05, 3.63) is 87.3 Å². The second-order valence-electron chi connectivity index (χ2n) is 13.1. The van der Waals surface area contributed by atoms with Crippen LogP contribution in [-0.4, -0.2) is 97.3 Å². The Hall–Kier alpha value is -2.69. The molecule has 3 saturated heterocycles. The normalized spacial score (nSPS) is 23.7. The lowest BCUT2D eigenvalue weighted by Crippen LogP contribution is -2.59. The summed E-state index contributed by atoms with van der Waals surface area (Å²) in [4.78, 5) is 19.9. The number of carbonyl (C=O) groups is 1. The molecule has 0 radical (unpaired) electrons. The summed E-state index contributed by atoms with van der Waals surface area (Å²) in [5.41, 5.74) is -2.76. The first kappa shape index (κ1) is 37.1. The molecular weight excluding hydrogens is 726 g/mol. The molecule has 3 aromatic rings. The van der Waals surface area contributed by atoms with Crippen LogP contribution in [-0.2, 0) is 28.8 Å². The van der Waals surface area contributed by atoms with Gasteiger partial charge in [0.05, 0.1) is 15.5 Å². The topological polar surface area (TPSA) is 64.2 Å². The highest BCUT2D eigenvalue weighted by Crippen LogP contribution is 2.38. The molecule has 50 heavy (non-hydrogen) atoms.